The number of esters is 2. The van der Waals surface area contributed by atoms with Crippen LogP contribution in [0, 0.1) is 79.8 Å². The Labute approximate surface area is 460 Å². The predicted molar refractivity (Wildman–Crippen MR) is 283 cm³/mol. The van der Waals surface area contributed by atoms with Crippen LogP contribution in [-0.4, -0.2) is 80.9 Å². The third kappa shape index (κ3) is 9.80. The van der Waals surface area contributed by atoms with Gasteiger partial charge in [0.25, 0.3) is 0 Å². The number of ether oxygens (including phenoxy) is 2. The van der Waals surface area contributed by atoms with Crippen LogP contribution in [-0.2, 0) is 34.8 Å². The molecule has 8 saturated carbocycles. The van der Waals surface area contributed by atoms with E-state index >= 15 is 0 Å². The standard InChI is InChI=1S/C62H94IO12/c1-33(2)17-15-19-39(55(68)69)51-43-29-47(53-57(9)25-23-45(66)35(5)41(57)21-27-59(53,11)61(43,13)31-49(51)72-37(7)64)74-63-75-48-30-44-52(40(56(70)71)20-16-18-34(3)4)50(73-38(8)65)32-62(44,14)60(12)28-22-42-36(6)46(67)24-26-58(42,10)54(48)60/h17-18,35-36,41-50,53-54,66-67H,15-16,19-32H2,1-14H3,(H,68,69)(H,70,71)/q-1/b51-39-,52-40-. The zero-order valence-electron chi connectivity index (χ0n) is 48.0. The van der Waals surface area contributed by atoms with Crippen LogP contribution in [0.2, 0.25) is 0 Å². The third-order valence-electron chi connectivity index (χ3n) is 23.4. The van der Waals surface area contributed by atoms with Gasteiger partial charge in [-0.25, -0.2) is 0 Å². The topological polar surface area (TPSA) is 186 Å². The molecule has 0 bridgehead atoms. The minimum absolute atomic E-state index is 0.0319. The van der Waals surface area contributed by atoms with Crippen LogP contribution < -0.4 is 22.0 Å². The van der Waals surface area contributed by atoms with Gasteiger partial charge in [0, 0.05) is 0 Å². The van der Waals surface area contributed by atoms with E-state index < -0.39 is 69.0 Å². The molecule has 4 N–H and O–H groups in total. The normalized spacial score (nSPS) is 46.1. The average Bonchev–Trinajstić information content (AvgIpc) is 3.75. The molecule has 8 rings (SSSR count). The summed E-state index contributed by atoms with van der Waals surface area (Å²) in [5.74, 6) is -2.52. The minimum atomic E-state index is -1.47. The number of fused-ring (bicyclic) bond motifs is 10. The van der Waals surface area contributed by atoms with Gasteiger partial charge in [0.05, 0.1) is 0 Å². The van der Waals surface area contributed by atoms with Crippen molar-refractivity contribution in [1.82, 2.24) is 0 Å². The number of aliphatic hydroxyl groups excluding tert-OH is 2. The number of rotatable bonds is 14. The molecule has 0 heterocycles. The maximum atomic E-state index is 13.6. The number of carbonyl (C=O) groups is 4. The van der Waals surface area contributed by atoms with Gasteiger partial charge >= 0.3 is 463 Å². The van der Waals surface area contributed by atoms with Gasteiger partial charge in [0.2, 0.25) is 0 Å². The van der Waals surface area contributed by atoms with Gasteiger partial charge < -0.3 is 0 Å². The van der Waals surface area contributed by atoms with Gasteiger partial charge in [0.1, 0.15) is 0 Å². The average molecular weight is 1160 g/mol. The monoisotopic (exact) mass is 1160 g/mol. The Kier molecular flexibility index (Phi) is 16.8. The number of carboxylic acid groups (broad SMARTS) is 2. The van der Waals surface area contributed by atoms with Gasteiger partial charge in [0.15, 0.2) is 0 Å². The molecule has 0 saturated heterocycles. The molecule has 8 fully saturated rings. The van der Waals surface area contributed by atoms with Crippen LogP contribution in [0.1, 0.15) is 200 Å². The Balaban J connectivity index is 1.24. The van der Waals surface area contributed by atoms with E-state index in [-0.39, 0.29) is 93.4 Å². The Morgan fingerprint density at radius 2 is 0.920 bits per heavy atom. The molecule has 0 amide bonds. The molecular weight excluding hydrogens is 1060 g/mol. The summed E-state index contributed by atoms with van der Waals surface area (Å²) in [6, 6.07) is 0. The van der Waals surface area contributed by atoms with Crippen molar-refractivity contribution in [2.45, 2.75) is 236 Å². The molecule has 0 aromatic heterocycles. The van der Waals surface area contributed by atoms with Crippen molar-refractivity contribution in [3.8, 4) is 0 Å². The van der Waals surface area contributed by atoms with E-state index in [0.717, 1.165) is 60.8 Å². The van der Waals surface area contributed by atoms with Crippen molar-refractivity contribution in [2.75, 3.05) is 0 Å². The van der Waals surface area contributed by atoms with Crippen LogP contribution >= 0.6 is 0 Å². The van der Waals surface area contributed by atoms with Crippen LogP contribution in [0.15, 0.2) is 45.6 Å². The number of hydrogen-bond donors (Lipinski definition) is 4. The number of carbonyl (C=O) groups excluding carboxylic acids is 2. The molecule has 20 atom stereocenters. The second kappa shape index (κ2) is 21.5. The molecule has 75 heavy (non-hydrogen) atoms. The van der Waals surface area contributed by atoms with Crippen LogP contribution in [0.4, 0.5) is 0 Å². The van der Waals surface area contributed by atoms with Gasteiger partial charge in [-0.05, 0) is 0 Å². The summed E-state index contributed by atoms with van der Waals surface area (Å²) in [7, 11) is 0. The van der Waals surface area contributed by atoms with Crippen molar-refractivity contribution < 1.29 is 77.2 Å². The Hall–Kier alpha value is -2.59. The molecule has 8 aliphatic rings. The number of carboxylic acids is 2. The number of hydrogen-bond acceptors (Lipinski definition) is 10. The number of aliphatic carboxylic acids is 2. The van der Waals surface area contributed by atoms with E-state index in [0.29, 0.717) is 75.4 Å². The number of aliphatic hydroxyl groups is 2. The van der Waals surface area contributed by atoms with Crippen molar-refractivity contribution in [3.05, 3.63) is 45.6 Å². The third-order valence-corrected chi connectivity index (χ3v) is 25.1. The van der Waals surface area contributed by atoms with E-state index in [1.54, 1.807) is 0 Å². The molecule has 12 nitrogen and oxygen atoms in total. The number of halogens is 1. The van der Waals surface area contributed by atoms with E-state index in [4.69, 9.17) is 15.6 Å². The molecule has 20 unspecified atom stereocenters. The fraction of sp³-hybridized carbons (Fsp3) is 0.806. The maximum absolute atomic E-state index is 13.6. The molecule has 422 valence electrons. The summed E-state index contributed by atoms with van der Waals surface area (Å²) < 4.78 is 27.7. The van der Waals surface area contributed by atoms with Gasteiger partial charge in [-0.3, -0.25) is 0 Å². The van der Waals surface area contributed by atoms with Crippen molar-refractivity contribution in [3.63, 3.8) is 0 Å². The quantitative estimate of drug-likeness (QED) is 0.0560. The molecule has 0 aromatic carbocycles. The summed E-state index contributed by atoms with van der Waals surface area (Å²) in [4.78, 5) is 53.2. The summed E-state index contributed by atoms with van der Waals surface area (Å²) in [6.07, 6.45) is 12.0. The van der Waals surface area contributed by atoms with E-state index in [2.05, 4.69) is 67.5 Å². The second-order valence-corrected chi connectivity index (χ2v) is 28.9. The first-order valence-corrected chi connectivity index (χ1v) is 30.6. The van der Waals surface area contributed by atoms with E-state index in [9.17, 15) is 39.6 Å². The molecule has 0 spiro atoms. The molecule has 0 aliphatic heterocycles. The van der Waals surface area contributed by atoms with Crippen LogP contribution in [0.25, 0.3) is 0 Å². The van der Waals surface area contributed by atoms with E-state index in [1.807, 2.05) is 27.7 Å². The molecule has 0 aromatic rings. The molecule has 8 aliphatic carbocycles. The van der Waals surface area contributed by atoms with Crippen LogP contribution in [0.5, 0.6) is 0 Å². The predicted octanol–water partition coefficient (Wildman–Crippen LogP) is 9.31. The molecular formula is C62H94IO12-. The van der Waals surface area contributed by atoms with E-state index in [1.165, 1.54) is 13.8 Å². The van der Waals surface area contributed by atoms with Crippen LogP contribution in [0.3, 0.4) is 0 Å². The summed E-state index contributed by atoms with van der Waals surface area (Å²) in [5.41, 5.74) is 2.35. The summed E-state index contributed by atoms with van der Waals surface area (Å²) in [6.45, 7) is 29.7. The molecule has 0 radical (unpaired) electrons. The fourth-order valence-electron chi connectivity index (χ4n) is 19.8. The Morgan fingerprint density at radius 3 is 1.24 bits per heavy atom. The SMILES string of the molecule is CC(=O)OC1CC2(C)C(CC(O[I-]OC3CC4/C(=C(\CCC=C(C)C)C(=O)O)C(OC(C)=O)CC4(C)C4(C)CCC5C(C)C(O)CCC5(C)C34)C3C4(C)CCC(O)C(C)C4CCC32C)/C1=C(\CCC=C(C)C)C(=O)O. The first-order chi connectivity index (χ1) is 35.0. The Bertz CT molecular complexity index is 2200. The van der Waals surface area contributed by atoms with Crippen molar-refractivity contribution >= 4 is 23.9 Å². The van der Waals surface area contributed by atoms with Gasteiger partial charge in [-0.1, -0.05) is 0 Å². The summed E-state index contributed by atoms with van der Waals surface area (Å²) >= 11 is -1.47. The zero-order valence-corrected chi connectivity index (χ0v) is 50.1. The first kappa shape index (κ1) is 58.6. The molecule has 13 heteroatoms. The zero-order chi connectivity index (χ0) is 55.1. The second-order valence-electron chi connectivity index (χ2n) is 27.5. The Morgan fingerprint density at radius 1 is 0.560 bits per heavy atom. The fourth-order valence-corrected chi connectivity index (χ4v) is 21.4. The van der Waals surface area contributed by atoms with Gasteiger partial charge in [-0.2, -0.15) is 0 Å². The van der Waals surface area contributed by atoms with Gasteiger partial charge in [-0.15, -0.1) is 0 Å². The first-order valence-electron chi connectivity index (χ1n) is 28.9. The number of allylic oxidation sites excluding steroid dienone is 4. The van der Waals surface area contributed by atoms with Crippen molar-refractivity contribution in [2.24, 2.45) is 79.8 Å². The summed E-state index contributed by atoms with van der Waals surface area (Å²) in [5, 5.41) is 45.0. The van der Waals surface area contributed by atoms with Crippen molar-refractivity contribution in [1.29, 1.82) is 0 Å².